The zero-order chi connectivity index (χ0) is 15.1. The molecule has 0 aliphatic heterocycles. The molecule has 1 heterocycles. The highest BCUT2D eigenvalue weighted by Gasteiger charge is 2.27. The van der Waals surface area contributed by atoms with E-state index in [9.17, 15) is 13.6 Å². The summed E-state index contributed by atoms with van der Waals surface area (Å²) in [5, 5.41) is 12.7. The van der Waals surface area contributed by atoms with Crippen LogP contribution < -0.4 is 0 Å². The van der Waals surface area contributed by atoms with Crippen LogP contribution in [0, 0.1) is 11.6 Å². The summed E-state index contributed by atoms with van der Waals surface area (Å²) in [6.45, 7) is 5.38. The molecular weight excluding hydrogens is 268 g/mol. The van der Waals surface area contributed by atoms with Crippen LogP contribution >= 0.6 is 0 Å². The summed E-state index contributed by atoms with van der Waals surface area (Å²) in [6, 6.07) is 2.98. The minimum atomic E-state index is -1.31. The van der Waals surface area contributed by atoms with Crippen molar-refractivity contribution in [2.45, 2.75) is 26.2 Å². The van der Waals surface area contributed by atoms with Gasteiger partial charge in [-0.05, 0) is 12.1 Å². The molecule has 0 radical (unpaired) electrons. The van der Waals surface area contributed by atoms with Gasteiger partial charge in [0.25, 0.3) is 5.82 Å². The van der Waals surface area contributed by atoms with E-state index in [0.29, 0.717) is 6.07 Å². The zero-order valence-corrected chi connectivity index (χ0v) is 11.2. The highest BCUT2D eigenvalue weighted by Crippen LogP contribution is 2.24. The normalized spacial score (nSPS) is 11.7. The molecule has 0 aliphatic rings. The molecule has 5 nitrogen and oxygen atoms in total. The van der Waals surface area contributed by atoms with E-state index in [1.165, 1.54) is 6.07 Å². The number of carboxylic acid groups (broad SMARTS) is 1. The molecule has 0 atom stereocenters. The van der Waals surface area contributed by atoms with E-state index in [-0.39, 0.29) is 11.5 Å². The van der Waals surface area contributed by atoms with Gasteiger partial charge in [-0.2, -0.15) is 0 Å². The maximum atomic E-state index is 13.8. The van der Waals surface area contributed by atoms with E-state index in [0.717, 1.165) is 10.7 Å². The third-order valence-corrected chi connectivity index (χ3v) is 2.61. The van der Waals surface area contributed by atoms with Gasteiger partial charge in [-0.3, -0.25) is 0 Å². The van der Waals surface area contributed by atoms with Crippen molar-refractivity contribution in [1.29, 1.82) is 0 Å². The van der Waals surface area contributed by atoms with Crippen LogP contribution in [0.5, 0.6) is 0 Å². The van der Waals surface area contributed by atoms with Gasteiger partial charge in [-0.15, -0.1) is 5.10 Å². The van der Waals surface area contributed by atoms with Crippen molar-refractivity contribution in [3.8, 4) is 5.69 Å². The molecule has 2 aromatic rings. The van der Waals surface area contributed by atoms with Crippen molar-refractivity contribution in [3.05, 3.63) is 41.5 Å². The van der Waals surface area contributed by atoms with Crippen molar-refractivity contribution in [3.63, 3.8) is 0 Å². The first-order valence-corrected chi connectivity index (χ1v) is 5.86. The molecule has 0 saturated heterocycles. The van der Waals surface area contributed by atoms with Crippen molar-refractivity contribution in [1.82, 2.24) is 14.8 Å². The first-order chi connectivity index (χ1) is 9.20. The third kappa shape index (κ3) is 2.52. The average Bonchev–Trinajstić information content (AvgIpc) is 2.73. The number of nitrogens with zero attached hydrogens (tertiary/aromatic N) is 3. The van der Waals surface area contributed by atoms with E-state index in [1.807, 2.05) is 0 Å². The number of aromatic nitrogens is 3. The molecule has 0 saturated carbocycles. The number of carbonyl (C=O) groups is 1. The van der Waals surface area contributed by atoms with Crippen LogP contribution in [-0.2, 0) is 5.41 Å². The van der Waals surface area contributed by atoms with E-state index in [4.69, 9.17) is 5.11 Å². The van der Waals surface area contributed by atoms with E-state index in [2.05, 4.69) is 10.1 Å². The van der Waals surface area contributed by atoms with Gasteiger partial charge in [0.1, 0.15) is 17.3 Å². The number of benzene rings is 1. The molecule has 1 aromatic heterocycles. The molecular formula is C13H13F2N3O2. The highest BCUT2D eigenvalue weighted by atomic mass is 19.1. The van der Waals surface area contributed by atoms with Crippen molar-refractivity contribution in [2.75, 3.05) is 0 Å². The van der Waals surface area contributed by atoms with Gasteiger partial charge in [-0.1, -0.05) is 20.8 Å². The fourth-order valence-electron chi connectivity index (χ4n) is 1.71. The molecule has 0 aliphatic carbocycles. The van der Waals surface area contributed by atoms with Crippen molar-refractivity contribution in [2.24, 2.45) is 0 Å². The van der Waals surface area contributed by atoms with Crippen LogP contribution in [-0.4, -0.2) is 25.8 Å². The van der Waals surface area contributed by atoms with Crippen molar-refractivity contribution >= 4 is 5.97 Å². The maximum Gasteiger partial charge on any atom is 0.375 e. The van der Waals surface area contributed by atoms with Gasteiger partial charge in [0, 0.05) is 11.5 Å². The topological polar surface area (TPSA) is 68.0 Å². The number of halogens is 2. The predicted octanol–water partition coefficient (Wildman–Crippen LogP) is 2.54. The molecule has 0 unspecified atom stereocenters. The lowest BCUT2D eigenvalue weighted by atomic mass is 9.95. The van der Waals surface area contributed by atoms with Gasteiger partial charge >= 0.3 is 5.97 Å². The lowest BCUT2D eigenvalue weighted by Gasteiger charge is -2.18. The first-order valence-electron chi connectivity index (χ1n) is 5.86. The van der Waals surface area contributed by atoms with Crippen LogP contribution in [0.2, 0.25) is 0 Å². The fraction of sp³-hybridized carbons (Fsp3) is 0.308. The minimum Gasteiger partial charge on any atom is -0.475 e. The molecule has 0 fully saturated rings. The molecule has 0 spiro atoms. The number of hydrogen-bond donors (Lipinski definition) is 1. The minimum absolute atomic E-state index is 0.0451. The fourth-order valence-corrected chi connectivity index (χ4v) is 1.71. The Morgan fingerprint density at radius 2 is 1.95 bits per heavy atom. The summed E-state index contributed by atoms with van der Waals surface area (Å²) in [4.78, 5) is 14.9. The van der Waals surface area contributed by atoms with Crippen LogP contribution in [0.3, 0.4) is 0 Å². The molecule has 0 amide bonds. The first kappa shape index (κ1) is 14.1. The van der Waals surface area contributed by atoms with E-state index < -0.39 is 28.8 Å². The highest BCUT2D eigenvalue weighted by molar-refractivity contribution is 5.83. The van der Waals surface area contributed by atoms with E-state index >= 15 is 0 Å². The maximum absolute atomic E-state index is 13.8. The summed E-state index contributed by atoms with van der Waals surface area (Å²) in [7, 11) is 0. The number of rotatable bonds is 2. The number of hydrogen-bond acceptors (Lipinski definition) is 3. The van der Waals surface area contributed by atoms with Gasteiger partial charge < -0.3 is 5.11 Å². The lowest BCUT2D eigenvalue weighted by molar-refractivity contribution is 0.0683. The second-order valence-electron chi connectivity index (χ2n) is 5.32. The quantitative estimate of drug-likeness (QED) is 0.918. The lowest BCUT2D eigenvalue weighted by Crippen LogP contribution is -2.19. The molecule has 1 N–H and O–H groups in total. The Morgan fingerprint density at radius 3 is 2.45 bits per heavy atom. The van der Waals surface area contributed by atoms with Crippen LogP contribution in [0.15, 0.2) is 18.2 Å². The number of carboxylic acids is 1. The van der Waals surface area contributed by atoms with Gasteiger partial charge in [0.15, 0.2) is 5.82 Å². The molecule has 7 heteroatoms. The summed E-state index contributed by atoms with van der Waals surface area (Å²) >= 11 is 0. The molecule has 106 valence electrons. The van der Waals surface area contributed by atoms with Crippen LogP contribution in [0.4, 0.5) is 8.78 Å². The third-order valence-electron chi connectivity index (χ3n) is 2.61. The summed E-state index contributed by atoms with van der Waals surface area (Å²) < 4.78 is 27.9. The molecule has 1 aromatic carbocycles. The zero-order valence-electron chi connectivity index (χ0n) is 11.2. The smallest absolute Gasteiger partial charge is 0.375 e. The number of aromatic carboxylic acids is 1. The predicted molar refractivity (Wildman–Crippen MR) is 66.9 cm³/mol. The molecule has 20 heavy (non-hydrogen) atoms. The van der Waals surface area contributed by atoms with Gasteiger partial charge in [-0.25, -0.2) is 23.2 Å². The van der Waals surface area contributed by atoms with Crippen molar-refractivity contribution < 1.29 is 18.7 Å². The van der Waals surface area contributed by atoms with E-state index in [1.54, 1.807) is 20.8 Å². The summed E-state index contributed by atoms with van der Waals surface area (Å²) in [5.41, 5.74) is -0.599. The Morgan fingerprint density at radius 1 is 1.30 bits per heavy atom. The van der Waals surface area contributed by atoms with Crippen LogP contribution in [0.25, 0.3) is 5.69 Å². The summed E-state index contributed by atoms with van der Waals surface area (Å²) in [6.07, 6.45) is 0. The largest absolute Gasteiger partial charge is 0.475 e. The second-order valence-corrected chi connectivity index (χ2v) is 5.32. The summed E-state index contributed by atoms with van der Waals surface area (Å²) in [5.74, 6) is -3.02. The molecule has 2 rings (SSSR count). The van der Waals surface area contributed by atoms with Gasteiger partial charge in [0.05, 0.1) is 0 Å². The van der Waals surface area contributed by atoms with Gasteiger partial charge in [0.2, 0.25) is 0 Å². The Labute approximate surface area is 113 Å². The molecule has 0 bridgehead atoms. The Balaban J connectivity index is 2.69. The standard InChI is InChI=1S/C13H13F2N3O2/c1-13(2,3)12-16-10(11(19)20)17-18(12)9-5-4-7(14)6-8(9)15/h4-6H,1-3H3,(H,19,20). The SMILES string of the molecule is CC(C)(C)c1nc(C(=O)O)nn1-c1ccc(F)cc1F. The Bertz CT molecular complexity index is 675. The van der Waals surface area contributed by atoms with Crippen LogP contribution in [0.1, 0.15) is 37.2 Å². The average molecular weight is 281 g/mol. The Hall–Kier alpha value is -2.31. The second kappa shape index (κ2) is 4.66. The monoisotopic (exact) mass is 281 g/mol. The Kier molecular flexibility index (Phi) is 3.29.